The molecule has 0 bridgehead atoms. The maximum atomic E-state index is 13.0. The number of benzene rings is 1. The molecule has 5 heteroatoms. The van der Waals surface area contributed by atoms with Crippen molar-refractivity contribution in [1.29, 1.82) is 0 Å². The molecule has 0 saturated heterocycles. The zero-order valence-corrected chi connectivity index (χ0v) is 9.33. The molecule has 0 amide bonds. The van der Waals surface area contributed by atoms with Crippen LogP contribution in [0.15, 0.2) is 18.2 Å². The first-order valence-corrected chi connectivity index (χ1v) is 5.03. The number of hydrogen-bond acceptors (Lipinski definition) is 1. The van der Waals surface area contributed by atoms with Crippen molar-refractivity contribution in [3.63, 3.8) is 0 Å². The quantitative estimate of drug-likeness (QED) is 0.599. The molecule has 0 aliphatic heterocycles. The SMILES string of the molecule is O=C(c1cc(Cl)ccc1F)C(Cl)Br. The molecule has 0 saturated carbocycles. The van der Waals surface area contributed by atoms with Crippen molar-refractivity contribution in [1.82, 2.24) is 0 Å². The first kappa shape index (κ1) is 11.0. The lowest BCUT2D eigenvalue weighted by Gasteiger charge is -2.02. The summed E-state index contributed by atoms with van der Waals surface area (Å²) in [5.41, 5.74) is -0.107. The Bertz CT molecular complexity index is 341. The number of halogens is 4. The molecule has 0 spiro atoms. The Labute approximate surface area is 93.0 Å². The van der Waals surface area contributed by atoms with Crippen LogP contribution in [0.5, 0.6) is 0 Å². The molecule has 0 aliphatic carbocycles. The van der Waals surface area contributed by atoms with E-state index in [1.807, 2.05) is 0 Å². The normalized spacial score (nSPS) is 12.6. The summed E-state index contributed by atoms with van der Waals surface area (Å²) in [6.45, 7) is 0. The molecule has 0 heterocycles. The van der Waals surface area contributed by atoms with Gasteiger partial charge in [-0.15, -0.1) is 11.6 Å². The van der Waals surface area contributed by atoms with Gasteiger partial charge in [0, 0.05) is 5.02 Å². The van der Waals surface area contributed by atoms with Crippen LogP contribution in [0.1, 0.15) is 10.4 Å². The zero-order chi connectivity index (χ0) is 10.0. The fourth-order valence-corrected chi connectivity index (χ4v) is 1.34. The number of Topliss-reactive ketones (excluding diaryl/α,β-unsaturated/α-hetero) is 1. The van der Waals surface area contributed by atoms with Crippen LogP contribution in [-0.4, -0.2) is 10.1 Å². The van der Waals surface area contributed by atoms with Crippen LogP contribution in [0, 0.1) is 5.82 Å². The second-order valence-corrected chi connectivity index (χ2v) is 4.60. The zero-order valence-electron chi connectivity index (χ0n) is 6.23. The fraction of sp³-hybridized carbons (Fsp3) is 0.125. The van der Waals surface area contributed by atoms with Crippen molar-refractivity contribution in [2.24, 2.45) is 0 Å². The lowest BCUT2D eigenvalue weighted by atomic mass is 10.1. The predicted molar refractivity (Wildman–Crippen MR) is 54.3 cm³/mol. The highest BCUT2D eigenvalue weighted by atomic mass is 79.9. The summed E-state index contributed by atoms with van der Waals surface area (Å²) in [5, 5.41) is 0.301. The van der Waals surface area contributed by atoms with Gasteiger partial charge in [-0.1, -0.05) is 27.5 Å². The van der Waals surface area contributed by atoms with E-state index in [1.54, 1.807) is 0 Å². The second kappa shape index (κ2) is 4.40. The average molecular weight is 286 g/mol. The van der Waals surface area contributed by atoms with Gasteiger partial charge >= 0.3 is 0 Å². The van der Waals surface area contributed by atoms with Crippen LogP contribution < -0.4 is 0 Å². The molecule has 1 atom stereocenters. The minimum Gasteiger partial charge on any atom is -0.291 e. The molecule has 0 radical (unpaired) electrons. The second-order valence-electron chi connectivity index (χ2n) is 2.29. The van der Waals surface area contributed by atoms with Gasteiger partial charge in [-0.25, -0.2) is 4.39 Å². The van der Waals surface area contributed by atoms with Crippen LogP contribution in [-0.2, 0) is 0 Å². The molecule has 0 fully saturated rings. The van der Waals surface area contributed by atoms with E-state index in [4.69, 9.17) is 23.2 Å². The van der Waals surface area contributed by atoms with Crippen molar-refractivity contribution < 1.29 is 9.18 Å². The Morgan fingerprint density at radius 1 is 1.54 bits per heavy atom. The van der Waals surface area contributed by atoms with Gasteiger partial charge in [-0.3, -0.25) is 4.79 Å². The monoisotopic (exact) mass is 284 g/mol. The summed E-state index contributed by atoms with van der Waals surface area (Å²) < 4.78 is 12.1. The molecule has 1 unspecified atom stereocenters. The van der Waals surface area contributed by atoms with E-state index in [9.17, 15) is 9.18 Å². The molecule has 0 aliphatic rings. The number of hydrogen-bond donors (Lipinski definition) is 0. The first-order valence-electron chi connectivity index (χ1n) is 3.30. The maximum Gasteiger partial charge on any atom is 0.194 e. The van der Waals surface area contributed by atoms with E-state index >= 15 is 0 Å². The fourth-order valence-electron chi connectivity index (χ4n) is 0.804. The summed E-state index contributed by atoms with van der Waals surface area (Å²) in [6.07, 6.45) is 0. The Balaban J connectivity index is 3.13. The van der Waals surface area contributed by atoms with Gasteiger partial charge in [0.25, 0.3) is 0 Å². The minimum absolute atomic E-state index is 0.107. The van der Waals surface area contributed by atoms with Gasteiger partial charge in [0.05, 0.1) is 5.56 Å². The topological polar surface area (TPSA) is 17.1 Å². The van der Waals surface area contributed by atoms with Crippen LogP contribution in [0.25, 0.3) is 0 Å². The number of rotatable bonds is 2. The van der Waals surface area contributed by atoms with Crippen molar-refractivity contribution in [3.8, 4) is 0 Å². The summed E-state index contributed by atoms with van der Waals surface area (Å²) in [5.74, 6) is -1.17. The molecular formula is C8H4BrCl2FO. The highest BCUT2D eigenvalue weighted by Crippen LogP contribution is 2.20. The predicted octanol–water partition coefficient (Wildman–Crippen LogP) is 3.62. The highest BCUT2D eigenvalue weighted by molar-refractivity contribution is 9.10. The molecule has 1 rings (SSSR count). The van der Waals surface area contributed by atoms with Gasteiger partial charge in [0.15, 0.2) is 10.1 Å². The molecule has 0 N–H and O–H groups in total. The third kappa shape index (κ3) is 2.66. The van der Waals surface area contributed by atoms with Gasteiger partial charge in [0.1, 0.15) is 5.82 Å². The molecule has 1 aromatic rings. The van der Waals surface area contributed by atoms with Gasteiger partial charge in [0.2, 0.25) is 0 Å². The lowest BCUT2D eigenvalue weighted by molar-refractivity contribution is 0.101. The van der Waals surface area contributed by atoms with E-state index in [0.29, 0.717) is 5.02 Å². The Morgan fingerprint density at radius 3 is 2.69 bits per heavy atom. The van der Waals surface area contributed by atoms with Crippen molar-refractivity contribution >= 4 is 44.9 Å². The third-order valence-electron chi connectivity index (χ3n) is 1.39. The largest absolute Gasteiger partial charge is 0.291 e. The van der Waals surface area contributed by atoms with Gasteiger partial charge in [-0.05, 0) is 18.2 Å². The molecule has 1 aromatic carbocycles. The molecule has 70 valence electrons. The van der Waals surface area contributed by atoms with Crippen LogP contribution in [0.3, 0.4) is 0 Å². The Morgan fingerprint density at radius 2 is 2.15 bits per heavy atom. The summed E-state index contributed by atoms with van der Waals surface area (Å²) in [6, 6.07) is 3.74. The number of ketones is 1. The maximum absolute atomic E-state index is 13.0. The first-order chi connectivity index (χ1) is 6.02. The Hall–Kier alpha value is -0.120. The smallest absolute Gasteiger partial charge is 0.194 e. The number of carbonyl (C=O) groups is 1. The molecule has 0 aromatic heterocycles. The van der Waals surface area contributed by atoms with Crippen LogP contribution in [0.4, 0.5) is 4.39 Å². The number of carbonyl (C=O) groups excluding carboxylic acids is 1. The average Bonchev–Trinajstić information content (AvgIpc) is 2.08. The standard InChI is InChI=1S/C8H4BrCl2FO/c9-8(11)7(13)5-3-4(10)1-2-6(5)12/h1-3,8H. The van der Waals surface area contributed by atoms with Crippen molar-refractivity contribution in [2.75, 3.05) is 0 Å². The van der Waals surface area contributed by atoms with Crippen molar-refractivity contribution in [3.05, 3.63) is 34.6 Å². The summed E-state index contributed by atoms with van der Waals surface area (Å²) in [4.78, 5) is 11.2. The van der Waals surface area contributed by atoms with E-state index < -0.39 is 15.9 Å². The van der Waals surface area contributed by atoms with E-state index in [1.165, 1.54) is 12.1 Å². The van der Waals surface area contributed by atoms with E-state index in [0.717, 1.165) is 6.07 Å². The lowest BCUT2D eigenvalue weighted by Crippen LogP contribution is -2.09. The van der Waals surface area contributed by atoms with Crippen LogP contribution >= 0.6 is 39.1 Å². The molecular weight excluding hydrogens is 282 g/mol. The van der Waals surface area contributed by atoms with E-state index in [2.05, 4.69) is 15.9 Å². The summed E-state index contributed by atoms with van der Waals surface area (Å²) in [7, 11) is 0. The highest BCUT2D eigenvalue weighted by Gasteiger charge is 2.17. The molecule has 13 heavy (non-hydrogen) atoms. The van der Waals surface area contributed by atoms with Crippen molar-refractivity contribution in [2.45, 2.75) is 4.29 Å². The third-order valence-corrected chi connectivity index (χ3v) is 2.24. The summed E-state index contributed by atoms with van der Waals surface area (Å²) >= 11 is 13.9. The Kier molecular flexibility index (Phi) is 3.71. The van der Waals surface area contributed by atoms with E-state index in [-0.39, 0.29) is 5.56 Å². The van der Waals surface area contributed by atoms with Crippen LogP contribution in [0.2, 0.25) is 5.02 Å². The van der Waals surface area contributed by atoms with Gasteiger partial charge in [-0.2, -0.15) is 0 Å². The van der Waals surface area contributed by atoms with Gasteiger partial charge < -0.3 is 0 Å². The molecule has 1 nitrogen and oxygen atoms in total. The number of alkyl halides is 2. The minimum atomic E-state index is -0.930.